The molecular formula is C17H18ClN3O4S. The lowest BCUT2D eigenvalue weighted by Crippen LogP contribution is -2.40. The Balaban J connectivity index is 1.81. The molecule has 2 heterocycles. The SMILES string of the molecule is CN(C)C(=O)OC1CCN(C(=C=O)n2c(=O)sc3c(Cl)cccc32)CC1. The van der Waals surface area contributed by atoms with E-state index in [-0.39, 0.29) is 22.9 Å². The molecule has 138 valence electrons. The van der Waals surface area contributed by atoms with E-state index in [4.69, 9.17) is 16.3 Å². The van der Waals surface area contributed by atoms with E-state index in [1.807, 2.05) is 5.94 Å². The molecule has 1 amide bonds. The van der Waals surface area contributed by atoms with Gasteiger partial charge in [0.15, 0.2) is 5.94 Å². The second-order valence-corrected chi connectivity index (χ2v) is 7.55. The number of rotatable bonds is 3. The van der Waals surface area contributed by atoms with Gasteiger partial charge in [0.2, 0.25) is 5.82 Å². The summed E-state index contributed by atoms with van der Waals surface area (Å²) in [6.45, 7) is 0.973. The van der Waals surface area contributed by atoms with Gasteiger partial charge >= 0.3 is 11.0 Å². The number of carbonyl (C=O) groups is 1. The van der Waals surface area contributed by atoms with Gasteiger partial charge in [-0.2, -0.15) is 0 Å². The highest BCUT2D eigenvalue weighted by Crippen LogP contribution is 2.28. The van der Waals surface area contributed by atoms with E-state index in [1.54, 1.807) is 37.2 Å². The van der Waals surface area contributed by atoms with E-state index in [0.717, 1.165) is 11.3 Å². The van der Waals surface area contributed by atoms with Crippen molar-refractivity contribution < 1.29 is 14.3 Å². The number of carbonyl (C=O) groups excluding carboxylic acids is 2. The number of fused-ring (bicyclic) bond motifs is 1. The van der Waals surface area contributed by atoms with Crippen molar-refractivity contribution in [3.8, 4) is 0 Å². The number of ether oxygens (including phenoxy) is 1. The van der Waals surface area contributed by atoms with Gasteiger partial charge in [-0.05, 0) is 12.1 Å². The average molecular weight is 396 g/mol. The molecule has 0 bridgehead atoms. The summed E-state index contributed by atoms with van der Waals surface area (Å²) in [5, 5.41) is 0.475. The molecule has 1 saturated heterocycles. The molecule has 9 heteroatoms. The van der Waals surface area contributed by atoms with E-state index < -0.39 is 0 Å². The van der Waals surface area contributed by atoms with Crippen LogP contribution in [0.4, 0.5) is 4.79 Å². The van der Waals surface area contributed by atoms with E-state index in [1.165, 1.54) is 9.47 Å². The van der Waals surface area contributed by atoms with Crippen molar-refractivity contribution >= 4 is 51.0 Å². The zero-order valence-corrected chi connectivity index (χ0v) is 16.0. The van der Waals surface area contributed by atoms with Crippen molar-refractivity contribution in [2.75, 3.05) is 27.2 Å². The third kappa shape index (κ3) is 3.49. The fourth-order valence-corrected chi connectivity index (χ4v) is 4.06. The van der Waals surface area contributed by atoms with Crippen LogP contribution in [0.25, 0.3) is 16.0 Å². The third-order valence-corrected chi connectivity index (χ3v) is 5.65. The van der Waals surface area contributed by atoms with E-state index in [9.17, 15) is 14.4 Å². The summed E-state index contributed by atoms with van der Waals surface area (Å²) in [4.78, 5) is 38.6. The van der Waals surface area contributed by atoms with Crippen LogP contribution < -0.4 is 4.87 Å². The summed E-state index contributed by atoms with van der Waals surface area (Å²) >= 11 is 7.15. The molecule has 1 aromatic carbocycles. The summed E-state index contributed by atoms with van der Waals surface area (Å²) < 4.78 is 7.38. The number of amides is 1. The number of benzene rings is 1. The lowest BCUT2D eigenvalue weighted by atomic mass is 10.1. The quantitative estimate of drug-likeness (QED) is 0.747. The number of halogens is 1. The minimum Gasteiger partial charge on any atom is -0.446 e. The van der Waals surface area contributed by atoms with Gasteiger partial charge in [0, 0.05) is 40.0 Å². The Kier molecular flexibility index (Phi) is 5.36. The van der Waals surface area contributed by atoms with Crippen molar-refractivity contribution in [3.05, 3.63) is 32.9 Å². The fourth-order valence-electron chi connectivity index (χ4n) is 2.89. The van der Waals surface area contributed by atoms with Crippen molar-refractivity contribution in [2.24, 2.45) is 0 Å². The molecule has 26 heavy (non-hydrogen) atoms. The Hall–Kier alpha value is -2.28. The molecule has 0 atom stereocenters. The molecule has 0 saturated carbocycles. The number of hydrogen-bond acceptors (Lipinski definition) is 6. The Labute approximate surface area is 159 Å². The lowest BCUT2D eigenvalue weighted by molar-refractivity contribution is 0.0456. The maximum atomic E-state index is 12.4. The van der Waals surface area contributed by atoms with Crippen molar-refractivity contribution in [2.45, 2.75) is 18.9 Å². The topological polar surface area (TPSA) is 71.8 Å². The van der Waals surface area contributed by atoms with Crippen molar-refractivity contribution in [3.63, 3.8) is 0 Å². The minimum atomic E-state index is -0.385. The first-order chi connectivity index (χ1) is 12.4. The molecule has 1 aliphatic heterocycles. The van der Waals surface area contributed by atoms with Crippen molar-refractivity contribution in [1.29, 1.82) is 0 Å². The highest BCUT2D eigenvalue weighted by Gasteiger charge is 2.27. The molecule has 1 fully saturated rings. The molecule has 7 nitrogen and oxygen atoms in total. The average Bonchev–Trinajstić information content (AvgIpc) is 2.95. The lowest BCUT2D eigenvalue weighted by Gasteiger charge is -2.33. The second-order valence-electron chi connectivity index (χ2n) is 6.18. The number of likely N-dealkylation sites (tertiary alicyclic amines) is 1. The van der Waals surface area contributed by atoms with Gasteiger partial charge in [0.25, 0.3) is 0 Å². The third-order valence-electron chi connectivity index (χ3n) is 4.24. The highest BCUT2D eigenvalue weighted by atomic mass is 35.5. The predicted molar refractivity (Wildman–Crippen MR) is 101 cm³/mol. The first-order valence-electron chi connectivity index (χ1n) is 8.10. The maximum absolute atomic E-state index is 12.4. The first kappa shape index (κ1) is 18.5. The molecule has 3 rings (SSSR count). The summed E-state index contributed by atoms with van der Waals surface area (Å²) in [6.07, 6.45) is 0.550. The number of piperidine rings is 1. The number of nitrogens with zero attached hydrogens (tertiary/aromatic N) is 3. The molecule has 0 N–H and O–H groups in total. The van der Waals surface area contributed by atoms with Crippen LogP contribution in [0.15, 0.2) is 23.0 Å². The second kappa shape index (κ2) is 7.53. The van der Waals surface area contributed by atoms with Gasteiger partial charge in [-0.25, -0.2) is 14.2 Å². The molecule has 0 radical (unpaired) electrons. The smallest absolute Gasteiger partial charge is 0.409 e. The number of hydrogen-bond donors (Lipinski definition) is 0. The zero-order chi connectivity index (χ0) is 18.8. The summed E-state index contributed by atoms with van der Waals surface area (Å²) in [7, 11) is 3.26. The van der Waals surface area contributed by atoms with Gasteiger partial charge in [0.1, 0.15) is 6.10 Å². The van der Waals surface area contributed by atoms with Gasteiger partial charge in [0.05, 0.1) is 15.2 Å². The first-order valence-corrected chi connectivity index (χ1v) is 9.30. The molecule has 1 aromatic heterocycles. The molecular weight excluding hydrogens is 378 g/mol. The van der Waals surface area contributed by atoms with Gasteiger partial charge in [-0.15, -0.1) is 0 Å². The standard InChI is InChI=1S/C17H18ClN3O4S/c1-19(2)16(23)25-11-6-8-20(9-7-11)14(10-22)21-13-5-3-4-12(18)15(13)26-17(21)24/h3-5,11H,6-9H2,1-2H3. The Bertz CT molecular complexity index is 937. The summed E-state index contributed by atoms with van der Waals surface area (Å²) in [6, 6.07) is 5.20. The molecule has 2 aromatic rings. The Morgan fingerprint density at radius 1 is 1.35 bits per heavy atom. The maximum Gasteiger partial charge on any atom is 0.409 e. The Morgan fingerprint density at radius 3 is 2.65 bits per heavy atom. The van der Waals surface area contributed by atoms with Crippen LogP contribution in [0, 0.1) is 0 Å². The molecule has 0 spiro atoms. The Morgan fingerprint density at radius 2 is 2.04 bits per heavy atom. The van der Waals surface area contributed by atoms with E-state index in [2.05, 4.69) is 0 Å². The number of thiazole rings is 1. The van der Waals surface area contributed by atoms with E-state index >= 15 is 0 Å². The van der Waals surface area contributed by atoms with Crippen LogP contribution in [0.5, 0.6) is 0 Å². The molecule has 1 aliphatic rings. The minimum absolute atomic E-state index is 0.168. The number of aromatic nitrogens is 1. The largest absolute Gasteiger partial charge is 0.446 e. The van der Waals surface area contributed by atoms with Crippen molar-refractivity contribution in [1.82, 2.24) is 14.4 Å². The van der Waals surface area contributed by atoms with Crippen LogP contribution in [-0.4, -0.2) is 59.7 Å². The van der Waals surface area contributed by atoms with Gasteiger partial charge < -0.3 is 14.5 Å². The molecule has 0 aliphatic carbocycles. The summed E-state index contributed by atoms with van der Waals surface area (Å²) in [5.74, 6) is 2.07. The zero-order valence-electron chi connectivity index (χ0n) is 14.4. The van der Waals surface area contributed by atoms with Gasteiger partial charge in [-0.3, -0.25) is 4.79 Å². The van der Waals surface area contributed by atoms with E-state index in [0.29, 0.717) is 41.2 Å². The predicted octanol–water partition coefficient (Wildman–Crippen LogP) is 2.51. The van der Waals surface area contributed by atoms with Crippen LogP contribution >= 0.6 is 22.9 Å². The fraction of sp³-hybridized carbons (Fsp3) is 0.412. The monoisotopic (exact) mass is 395 g/mol. The van der Waals surface area contributed by atoms with Crippen LogP contribution in [-0.2, 0) is 9.53 Å². The van der Waals surface area contributed by atoms with Crippen LogP contribution in [0.3, 0.4) is 0 Å². The molecule has 0 unspecified atom stereocenters. The van der Waals surface area contributed by atoms with Crippen LogP contribution in [0.1, 0.15) is 12.8 Å². The normalized spacial score (nSPS) is 15.0. The highest BCUT2D eigenvalue weighted by molar-refractivity contribution is 7.17. The summed E-state index contributed by atoms with van der Waals surface area (Å²) in [5.41, 5.74) is 0.590. The van der Waals surface area contributed by atoms with Gasteiger partial charge in [-0.1, -0.05) is 29.0 Å². The van der Waals surface area contributed by atoms with Crippen LogP contribution in [0.2, 0.25) is 5.02 Å².